The second-order valence-corrected chi connectivity index (χ2v) is 5.92. The Balaban J connectivity index is 2.24. The summed E-state index contributed by atoms with van der Waals surface area (Å²) < 4.78 is 6.16. The Morgan fingerprint density at radius 1 is 1.37 bits per heavy atom. The van der Waals surface area contributed by atoms with Gasteiger partial charge in [0.2, 0.25) is 0 Å². The minimum atomic E-state index is -0.0682. The van der Waals surface area contributed by atoms with Gasteiger partial charge in [0.1, 0.15) is 0 Å². The van der Waals surface area contributed by atoms with Gasteiger partial charge in [-0.05, 0) is 51.6 Å². The Morgan fingerprint density at radius 2 is 2.21 bits per heavy atom. The summed E-state index contributed by atoms with van der Waals surface area (Å²) in [6.45, 7) is 8.57. The van der Waals surface area contributed by atoms with Crippen molar-refractivity contribution in [2.24, 2.45) is 0 Å². The van der Waals surface area contributed by atoms with Crippen molar-refractivity contribution in [1.82, 2.24) is 5.32 Å². The molecule has 1 aliphatic heterocycles. The Labute approximate surface area is 117 Å². The van der Waals surface area contributed by atoms with E-state index < -0.39 is 0 Å². The zero-order valence-electron chi connectivity index (χ0n) is 12.5. The number of hydrogen-bond donors (Lipinski definition) is 1. The number of hydrogen-bond acceptors (Lipinski definition) is 2. The van der Waals surface area contributed by atoms with Crippen LogP contribution < -0.4 is 5.32 Å². The van der Waals surface area contributed by atoms with Gasteiger partial charge in [0.05, 0.1) is 11.6 Å². The predicted octanol–water partition coefficient (Wildman–Crippen LogP) is 3.99. The van der Waals surface area contributed by atoms with E-state index in [1.54, 1.807) is 0 Å². The summed E-state index contributed by atoms with van der Waals surface area (Å²) in [5.74, 6) is 0. The van der Waals surface area contributed by atoms with Crippen LogP contribution in [0.25, 0.3) is 0 Å². The fourth-order valence-corrected chi connectivity index (χ4v) is 3.01. The summed E-state index contributed by atoms with van der Waals surface area (Å²) >= 11 is 0. The Kier molecular flexibility index (Phi) is 5.00. The van der Waals surface area contributed by atoms with Gasteiger partial charge in [0.25, 0.3) is 0 Å². The molecule has 0 radical (unpaired) electrons. The molecule has 2 atom stereocenters. The molecule has 1 heterocycles. The second-order valence-electron chi connectivity index (χ2n) is 5.92. The molecule has 0 aromatic heterocycles. The maximum Gasteiger partial charge on any atom is 0.0848 e. The third-order valence-electron chi connectivity index (χ3n) is 4.08. The molecule has 1 aromatic carbocycles. The summed E-state index contributed by atoms with van der Waals surface area (Å²) in [5.41, 5.74) is 2.61. The molecule has 2 nitrogen and oxygen atoms in total. The van der Waals surface area contributed by atoms with E-state index in [-0.39, 0.29) is 5.60 Å². The molecule has 0 aliphatic carbocycles. The molecule has 0 saturated carbocycles. The molecule has 2 rings (SSSR count). The summed E-state index contributed by atoms with van der Waals surface area (Å²) in [7, 11) is 0. The molecule has 19 heavy (non-hydrogen) atoms. The molecule has 106 valence electrons. The summed E-state index contributed by atoms with van der Waals surface area (Å²) in [5, 5.41) is 3.70. The maximum absolute atomic E-state index is 6.16. The average Bonchev–Trinajstić information content (AvgIpc) is 2.40. The second kappa shape index (κ2) is 6.53. The molecule has 1 N–H and O–H groups in total. The predicted molar refractivity (Wildman–Crippen MR) is 80.4 cm³/mol. The molecular weight excluding hydrogens is 234 g/mol. The molecule has 1 aliphatic rings. The first kappa shape index (κ1) is 14.5. The van der Waals surface area contributed by atoms with E-state index in [0.717, 1.165) is 26.0 Å². The van der Waals surface area contributed by atoms with Crippen LogP contribution >= 0.6 is 0 Å². The minimum absolute atomic E-state index is 0.0682. The highest BCUT2D eigenvalue weighted by molar-refractivity contribution is 5.27. The van der Waals surface area contributed by atoms with Crippen molar-refractivity contribution in [2.45, 2.75) is 58.1 Å². The zero-order chi connectivity index (χ0) is 13.7. The standard InChI is InChI=1S/C17H27NO/c1-4-11-18-16(15-9-7-8-14(2)13-15)17(3)10-5-6-12-19-17/h7-9,13,16,18H,4-6,10-12H2,1-3H3. The van der Waals surface area contributed by atoms with Crippen molar-refractivity contribution >= 4 is 0 Å². The van der Waals surface area contributed by atoms with Crippen molar-refractivity contribution in [1.29, 1.82) is 0 Å². The lowest BCUT2D eigenvalue weighted by molar-refractivity contribution is -0.0897. The number of nitrogens with one attached hydrogen (secondary N) is 1. The highest BCUT2D eigenvalue weighted by Gasteiger charge is 2.37. The Hall–Kier alpha value is -0.860. The van der Waals surface area contributed by atoms with Crippen molar-refractivity contribution in [3.63, 3.8) is 0 Å². The molecular formula is C17H27NO. The molecule has 1 aromatic rings. The lowest BCUT2D eigenvalue weighted by Crippen LogP contribution is -2.46. The molecule has 1 saturated heterocycles. The van der Waals surface area contributed by atoms with Crippen LogP contribution in [0.3, 0.4) is 0 Å². The van der Waals surface area contributed by atoms with Crippen LogP contribution in [-0.2, 0) is 4.74 Å². The minimum Gasteiger partial charge on any atom is -0.373 e. The van der Waals surface area contributed by atoms with Gasteiger partial charge < -0.3 is 10.1 Å². The van der Waals surface area contributed by atoms with E-state index in [1.165, 1.54) is 24.0 Å². The van der Waals surface area contributed by atoms with Crippen LogP contribution in [-0.4, -0.2) is 18.8 Å². The summed E-state index contributed by atoms with van der Waals surface area (Å²) in [6.07, 6.45) is 4.76. The third-order valence-corrected chi connectivity index (χ3v) is 4.08. The smallest absolute Gasteiger partial charge is 0.0848 e. The van der Waals surface area contributed by atoms with E-state index in [9.17, 15) is 0 Å². The van der Waals surface area contributed by atoms with Crippen LogP contribution in [0.2, 0.25) is 0 Å². The topological polar surface area (TPSA) is 21.3 Å². The lowest BCUT2D eigenvalue weighted by Gasteiger charge is -2.41. The number of benzene rings is 1. The van der Waals surface area contributed by atoms with Gasteiger partial charge in [-0.1, -0.05) is 36.8 Å². The first-order chi connectivity index (χ1) is 9.15. The molecule has 0 amide bonds. The first-order valence-electron chi connectivity index (χ1n) is 7.59. The van der Waals surface area contributed by atoms with Crippen molar-refractivity contribution in [2.75, 3.05) is 13.2 Å². The van der Waals surface area contributed by atoms with Crippen LogP contribution in [0.5, 0.6) is 0 Å². The van der Waals surface area contributed by atoms with E-state index in [1.807, 2.05) is 0 Å². The number of ether oxygens (including phenoxy) is 1. The van der Waals surface area contributed by atoms with Gasteiger partial charge in [-0.25, -0.2) is 0 Å². The molecule has 0 spiro atoms. The normalized spacial score (nSPS) is 25.2. The Bertz CT molecular complexity index is 396. The highest BCUT2D eigenvalue weighted by atomic mass is 16.5. The summed E-state index contributed by atoms with van der Waals surface area (Å²) in [6, 6.07) is 9.12. The van der Waals surface area contributed by atoms with E-state index in [2.05, 4.69) is 50.4 Å². The fourth-order valence-electron chi connectivity index (χ4n) is 3.01. The number of rotatable bonds is 5. The largest absolute Gasteiger partial charge is 0.373 e. The van der Waals surface area contributed by atoms with E-state index >= 15 is 0 Å². The summed E-state index contributed by atoms with van der Waals surface area (Å²) in [4.78, 5) is 0. The van der Waals surface area contributed by atoms with Gasteiger partial charge in [-0.2, -0.15) is 0 Å². The Morgan fingerprint density at radius 3 is 2.84 bits per heavy atom. The average molecular weight is 261 g/mol. The third kappa shape index (κ3) is 3.58. The van der Waals surface area contributed by atoms with Gasteiger partial charge in [-0.3, -0.25) is 0 Å². The van der Waals surface area contributed by atoms with Crippen LogP contribution in [0.1, 0.15) is 56.7 Å². The first-order valence-corrected chi connectivity index (χ1v) is 7.59. The van der Waals surface area contributed by atoms with Crippen molar-refractivity contribution in [3.8, 4) is 0 Å². The SMILES string of the molecule is CCCNC(c1cccc(C)c1)C1(C)CCCCO1. The van der Waals surface area contributed by atoms with Crippen LogP contribution in [0.15, 0.2) is 24.3 Å². The maximum atomic E-state index is 6.16. The van der Waals surface area contributed by atoms with Crippen LogP contribution in [0, 0.1) is 6.92 Å². The molecule has 1 fully saturated rings. The monoisotopic (exact) mass is 261 g/mol. The molecule has 0 bridgehead atoms. The fraction of sp³-hybridized carbons (Fsp3) is 0.647. The molecule has 2 heteroatoms. The van der Waals surface area contributed by atoms with Gasteiger partial charge in [0.15, 0.2) is 0 Å². The number of aryl methyl sites for hydroxylation is 1. The van der Waals surface area contributed by atoms with Gasteiger partial charge in [-0.15, -0.1) is 0 Å². The van der Waals surface area contributed by atoms with Gasteiger partial charge >= 0.3 is 0 Å². The quantitative estimate of drug-likeness (QED) is 0.865. The lowest BCUT2D eigenvalue weighted by atomic mass is 9.83. The van der Waals surface area contributed by atoms with Gasteiger partial charge in [0, 0.05) is 6.61 Å². The van der Waals surface area contributed by atoms with Crippen molar-refractivity contribution < 1.29 is 4.74 Å². The molecule has 2 unspecified atom stereocenters. The van der Waals surface area contributed by atoms with Crippen molar-refractivity contribution in [3.05, 3.63) is 35.4 Å². The van der Waals surface area contributed by atoms with E-state index in [4.69, 9.17) is 4.74 Å². The van der Waals surface area contributed by atoms with Crippen LogP contribution in [0.4, 0.5) is 0 Å². The highest BCUT2D eigenvalue weighted by Crippen LogP contribution is 2.36. The zero-order valence-corrected chi connectivity index (χ0v) is 12.5. The van der Waals surface area contributed by atoms with E-state index in [0.29, 0.717) is 6.04 Å².